The van der Waals surface area contributed by atoms with Gasteiger partial charge in [-0.1, -0.05) is 42.0 Å². The van der Waals surface area contributed by atoms with Crippen molar-refractivity contribution >= 4 is 11.8 Å². The first-order chi connectivity index (χ1) is 16.4. The maximum atomic E-state index is 13.0. The zero-order chi connectivity index (χ0) is 24.1. The third kappa shape index (κ3) is 5.96. The standard InChI is InChI=1S/C27H35N3O4/c1-19-6-8-20(9-7-19)15-26(32)29-12-10-22(11-13-29)30-18-23(31)16-25(30)27(33)28-17-21-4-3-5-24(14-21)34-2/h3-9,14,22-23,25,31H,10-13,15-18H2,1-2H3,(H,28,33)/t23-,25+/m1/s1. The average molecular weight is 466 g/mol. The number of methoxy groups -OCH3 is 1. The number of ether oxygens (including phenoxy) is 1. The molecule has 2 aromatic rings. The van der Waals surface area contributed by atoms with E-state index in [2.05, 4.69) is 10.2 Å². The monoisotopic (exact) mass is 465 g/mol. The Labute approximate surface area is 201 Å². The molecule has 2 saturated heterocycles. The Morgan fingerprint density at radius 3 is 2.53 bits per heavy atom. The quantitative estimate of drug-likeness (QED) is 0.656. The minimum absolute atomic E-state index is 0.0581. The van der Waals surface area contributed by atoms with E-state index in [-0.39, 0.29) is 23.9 Å². The van der Waals surface area contributed by atoms with E-state index in [1.165, 1.54) is 5.56 Å². The van der Waals surface area contributed by atoms with Crippen LogP contribution in [0.3, 0.4) is 0 Å². The van der Waals surface area contributed by atoms with Gasteiger partial charge in [0.25, 0.3) is 0 Å². The van der Waals surface area contributed by atoms with E-state index in [4.69, 9.17) is 4.74 Å². The highest BCUT2D eigenvalue weighted by Gasteiger charge is 2.40. The number of carbonyl (C=O) groups is 2. The van der Waals surface area contributed by atoms with Gasteiger partial charge in [-0.15, -0.1) is 0 Å². The molecule has 4 rings (SSSR count). The Bertz CT molecular complexity index is 986. The van der Waals surface area contributed by atoms with E-state index in [0.29, 0.717) is 39.0 Å². The average Bonchev–Trinajstić information content (AvgIpc) is 3.26. The molecule has 2 aromatic carbocycles. The number of piperidine rings is 1. The first kappa shape index (κ1) is 24.2. The first-order valence-electron chi connectivity index (χ1n) is 12.1. The van der Waals surface area contributed by atoms with E-state index < -0.39 is 6.10 Å². The number of β-amino-alcohol motifs (C(OH)–C–C–N with tert-alkyl or cyclic N) is 1. The minimum atomic E-state index is -0.506. The zero-order valence-electron chi connectivity index (χ0n) is 20.1. The fourth-order valence-corrected chi connectivity index (χ4v) is 5.03. The van der Waals surface area contributed by atoms with Gasteiger partial charge < -0.3 is 20.1 Å². The van der Waals surface area contributed by atoms with Crippen LogP contribution in [0.25, 0.3) is 0 Å². The van der Waals surface area contributed by atoms with Crippen molar-refractivity contribution < 1.29 is 19.4 Å². The van der Waals surface area contributed by atoms with Crippen LogP contribution in [0.4, 0.5) is 0 Å². The Morgan fingerprint density at radius 2 is 1.82 bits per heavy atom. The van der Waals surface area contributed by atoms with Crippen molar-refractivity contribution in [2.24, 2.45) is 0 Å². The lowest BCUT2D eigenvalue weighted by Crippen LogP contribution is -2.52. The largest absolute Gasteiger partial charge is 0.497 e. The number of nitrogens with zero attached hydrogens (tertiary/aromatic N) is 2. The highest BCUT2D eigenvalue weighted by Crippen LogP contribution is 2.27. The maximum absolute atomic E-state index is 13.0. The SMILES string of the molecule is COc1cccc(CNC(=O)[C@@H]2C[C@@H](O)CN2C2CCN(C(=O)Cc3ccc(C)cc3)CC2)c1. The Hall–Kier alpha value is -2.90. The van der Waals surface area contributed by atoms with Gasteiger partial charge in [-0.25, -0.2) is 0 Å². The third-order valence-corrected chi connectivity index (χ3v) is 6.98. The lowest BCUT2D eigenvalue weighted by atomic mass is 10.0. The molecule has 0 saturated carbocycles. The fraction of sp³-hybridized carbons (Fsp3) is 0.481. The van der Waals surface area contributed by atoms with Crippen LogP contribution in [0.15, 0.2) is 48.5 Å². The second kappa shape index (κ2) is 11.0. The number of nitrogens with one attached hydrogen (secondary N) is 1. The molecule has 2 aliphatic heterocycles. The van der Waals surface area contributed by atoms with E-state index >= 15 is 0 Å². The van der Waals surface area contributed by atoms with Gasteiger partial charge in [0.05, 0.1) is 25.7 Å². The van der Waals surface area contributed by atoms with Gasteiger partial charge in [0, 0.05) is 32.2 Å². The van der Waals surface area contributed by atoms with Gasteiger partial charge in [-0.3, -0.25) is 14.5 Å². The summed E-state index contributed by atoms with van der Waals surface area (Å²) in [6.45, 7) is 4.32. The van der Waals surface area contributed by atoms with Crippen molar-refractivity contribution in [2.45, 2.75) is 57.3 Å². The summed E-state index contributed by atoms with van der Waals surface area (Å²) < 4.78 is 5.25. The van der Waals surface area contributed by atoms with Crippen LogP contribution in [0.2, 0.25) is 0 Å². The molecule has 2 heterocycles. The molecule has 0 spiro atoms. The number of likely N-dealkylation sites (tertiary alicyclic amines) is 2. The number of aliphatic hydroxyl groups excluding tert-OH is 1. The van der Waals surface area contributed by atoms with Crippen LogP contribution < -0.4 is 10.1 Å². The molecule has 0 aliphatic carbocycles. The molecular weight excluding hydrogens is 430 g/mol. The molecule has 0 bridgehead atoms. The van der Waals surface area contributed by atoms with Gasteiger partial charge in [0.2, 0.25) is 11.8 Å². The predicted octanol–water partition coefficient (Wildman–Crippen LogP) is 2.29. The van der Waals surface area contributed by atoms with E-state index in [1.54, 1.807) is 7.11 Å². The van der Waals surface area contributed by atoms with Crippen molar-refractivity contribution in [3.8, 4) is 5.75 Å². The fourth-order valence-electron chi connectivity index (χ4n) is 5.03. The number of benzene rings is 2. The van der Waals surface area contributed by atoms with Crippen LogP contribution in [0.1, 0.15) is 36.0 Å². The predicted molar refractivity (Wildman–Crippen MR) is 130 cm³/mol. The second-order valence-electron chi connectivity index (χ2n) is 9.45. The second-order valence-corrected chi connectivity index (χ2v) is 9.45. The van der Waals surface area contributed by atoms with E-state index in [9.17, 15) is 14.7 Å². The molecule has 0 unspecified atom stereocenters. The van der Waals surface area contributed by atoms with Crippen LogP contribution in [-0.2, 0) is 22.6 Å². The van der Waals surface area contributed by atoms with Gasteiger partial charge >= 0.3 is 0 Å². The number of aryl methyl sites for hydroxylation is 1. The van der Waals surface area contributed by atoms with E-state index in [0.717, 1.165) is 29.7 Å². The molecule has 7 heteroatoms. The van der Waals surface area contributed by atoms with Gasteiger partial charge in [0.15, 0.2) is 0 Å². The number of hydrogen-bond acceptors (Lipinski definition) is 5. The Balaban J connectivity index is 1.30. The molecule has 0 aromatic heterocycles. The molecule has 2 aliphatic rings. The minimum Gasteiger partial charge on any atom is -0.497 e. The molecule has 34 heavy (non-hydrogen) atoms. The smallest absolute Gasteiger partial charge is 0.237 e. The molecule has 0 radical (unpaired) electrons. The summed E-state index contributed by atoms with van der Waals surface area (Å²) in [5.41, 5.74) is 3.19. The van der Waals surface area contributed by atoms with Gasteiger partial charge in [0.1, 0.15) is 5.75 Å². The summed E-state index contributed by atoms with van der Waals surface area (Å²) in [5.74, 6) is 0.849. The summed E-state index contributed by atoms with van der Waals surface area (Å²) in [4.78, 5) is 29.9. The van der Waals surface area contributed by atoms with Crippen LogP contribution in [0.5, 0.6) is 5.75 Å². The summed E-state index contributed by atoms with van der Waals surface area (Å²) >= 11 is 0. The lowest BCUT2D eigenvalue weighted by molar-refractivity contribution is -0.133. The zero-order valence-corrected chi connectivity index (χ0v) is 20.1. The van der Waals surface area contributed by atoms with Crippen LogP contribution in [0, 0.1) is 6.92 Å². The van der Waals surface area contributed by atoms with Gasteiger partial charge in [-0.2, -0.15) is 0 Å². The summed E-state index contributed by atoms with van der Waals surface area (Å²) in [6, 6.07) is 15.6. The van der Waals surface area contributed by atoms with Crippen molar-refractivity contribution in [2.75, 3.05) is 26.7 Å². The highest BCUT2D eigenvalue weighted by atomic mass is 16.5. The summed E-state index contributed by atoms with van der Waals surface area (Å²) in [7, 11) is 1.62. The number of aliphatic hydroxyl groups is 1. The summed E-state index contributed by atoms with van der Waals surface area (Å²) in [6.07, 6.45) is 1.98. The molecule has 2 fully saturated rings. The summed E-state index contributed by atoms with van der Waals surface area (Å²) in [5, 5.41) is 13.4. The molecule has 2 atom stereocenters. The Morgan fingerprint density at radius 1 is 1.09 bits per heavy atom. The molecule has 7 nitrogen and oxygen atoms in total. The number of hydrogen-bond donors (Lipinski definition) is 2. The van der Waals surface area contributed by atoms with Crippen molar-refractivity contribution in [3.63, 3.8) is 0 Å². The Kier molecular flexibility index (Phi) is 7.85. The van der Waals surface area contributed by atoms with Crippen molar-refractivity contribution in [1.82, 2.24) is 15.1 Å². The molecule has 2 amide bonds. The third-order valence-electron chi connectivity index (χ3n) is 6.98. The normalized spacial score (nSPS) is 21.4. The molecule has 2 N–H and O–H groups in total. The molecular formula is C27H35N3O4. The molecule has 182 valence electrons. The van der Waals surface area contributed by atoms with Gasteiger partial charge in [-0.05, 0) is 49.4 Å². The lowest BCUT2D eigenvalue weighted by Gasteiger charge is -2.39. The van der Waals surface area contributed by atoms with Crippen LogP contribution >= 0.6 is 0 Å². The van der Waals surface area contributed by atoms with Crippen molar-refractivity contribution in [3.05, 3.63) is 65.2 Å². The highest BCUT2D eigenvalue weighted by molar-refractivity contribution is 5.82. The van der Waals surface area contributed by atoms with Crippen molar-refractivity contribution in [1.29, 1.82) is 0 Å². The topological polar surface area (TPSA) is 82.1 Å². The van der Waals surface area contributed by atoms with E-state index in [1.807, 2.05) is 60.4 Å². The van der Waals surface area contributed by atoms with Crippen LogP contribution in [-0.4, -0.2) is 71.7 Å². The number of rotatable bonds is 7. The number of amides is 2. The maximum Gasteiger partial charge on any atom is 0.237 e. The first-order valence-corrected chi connectivity index (χ1v) is 12.1. The number of carbonyl (C=O) groups excluding carboxylic acids is 2.